The number of nitrogens with zero attached hydrogens (tertiary/aromatic N) is 1. The predicted octanol–water partition coefficient (Wildman–Crippen LogP) is 4.09. The molecule has 10 heteroatoms. The number of benzene rings is 3. The van der Waals surface area contributed by atoms with Gasteiger partial charge in [-0.05, 0) is 36.8 Å². The third-order valence-corrected chi connectivity index (χ3v) is 7.68. The van der Waals surface area contributed by atoms with Gasteiger partial charge in [0.25, 0.3) is 5.91 Å². The van der Waals surface area contributed by atoms with E-state index in [9.17, 15) is 18.0 Å². The molecule has 4 rings (SSSR count). The Kier molecular flexibility index (Phi) is 7.27. The van der Waals surface area contributed by atoms with Crippen LogP contribution in [0.25, 0.3) is 0 Å². The number of nitrogens with one attached hydrogen (secondary N) is 1. The van der Waals surface area contributed by atoms with Gasteiger partial charge >= 0.3 is 0 Å². The predicted molar refractivity (Wildman–Crippen MR) is 133 cm³/mol. The molecule has 0 saturated heterocycles. The van der Waals surface area contributed by atoms with Gasteiger partial charge in [0.15, 0.2) is 17.3 Å². The minimum absolute atomic E-state index is 0.0146. The molecule has 1 heterocycles. The summed E-state index contributed by atoms with van der Waals surface area (Å²) in [6.45, 7) is 3.51. The SMILES string of the molecule is CCN(Cc1ccccc1)S(=O)(=O)c1cc(C(=O)Nc2cc3c(cc2C(C)=O)OCO3)ccc1OC. The van der Waals surface area contributed by atoms with Crippen LogP contribution in [-0.4, -0.2) is 44.9 Å². The normalized spacial score (nSPS) is 12.4. The van der Waals surface area contributed by atoms with Crippen LogP contribution in [0.4, 0.5) is 5.69 Å². The second-order valence-corrected chi connectivity index (χ2v) is 9.95. The molecule has 0 radical (unpaired) electrons. The first kappa shape index (κ1) is 25.2. The molecule has 188 valence electrons. The van der Waals surface area contributed by atoms with Gasteiger partial charge in [0.1, 0.15) is 10.6 Å². The van der Waals surface area contributed by atoms with E-state index < -0.39 is 15.9 Å². The number of anilines is 1. The molecule has 1 aliphatic heterocycles. The summed E-state index contributed by atoms with van der Waals surface area (Å²) in [5, 5.41) is 2.69. The maximum atomic E-state index is 13.6. The molecule has 36 heavy (non-hydrogen) atoms. The lowest BCUT2D eigenvalue weighted by molar-refractivity contribution is 0.101. The largest absolute Gasteiger partial charge is 0.495 e. The molecule has 0 aromatic heterocycles. The molecule has 0 saturated carbocycles. The summed E-state index contributed by atoms with van der Waals surface area (Å²) in [6.07, 6.45) is 0. The third-order valence-electron chi connectivity index (χ3n) is 5.74. The molecule has 3 aromatic carbocycles. The molecular weight excluding hydrogens is 484 g/mol. The average Bonchev–Trinajstić information content (AvgIpc) is 3.34. The number of ether oxygens (including phenoxy) is 3. The number of rotatable bonds is 9. The molecule has 0 bridgehead atoms. The first-order valence-electron chi connectivity index (χ1n) is 11.2. The van der Waals surface area contributed by atoms with Gasteiger partial charge in [-0.15, -0.1) is 0 Å². The number of methoxy groups -OCH3 is 1. The van der Waals surface area contributed by atoms with Gasteiger partial charge in [-0.2, -0.15) is 4.31 Å². The molecule has 1 N–H and O–H groups in total. The number of fused-ring (bicyclic) bond motifs is 1. The third kappa shape index (κ3) is 5.05. The summed E-state index contributed by atoms with van der Waals surface area (Å²) in [5.41, 5.74) is 1.39. The average molecular weight is 511 g/mol. The Morgan fingerprint density at radius 3 is 2.36 bits per heavy atom. The summed E-state index contributed by atoms with van der Waals surface area (Å²) in [4.78, 5) is 25.2. The van der Waals surface area contributed by atoms with Crippen LogP contribution in [0, 0.1) is 0 Å². The highest BCUT2D eigenvalue weighted by Gasteiger charge is 2.28. The van der Waals surface area contributed by atoms with Crippen molar-refractivity contribution in [2.45, 2.75) is 25.3 Å². The Labute approximate surface area is 209 Å². The number of carbonyl (C=O) groups excluding carboxylic acids is 2. The Morgan fingerprint density at radius 2 is 1.72 bits per heavy atom. The topological polar surface area (TPSA) is 111 Å². The van der Waals surface area contributed by atoms with Gasteiger partial charge in [-0.1, -0.05) is 37.3 Å². The van der Waals surface area contributed by atoms with Crippen LogP contribution < -0.4 is 19.5 Å². The molecule has 0 aliphatic carbocycles. The van der Waals surface area contributed by atoms with E-state index in [4.69, 9.17) is 14.2 Å². The summed E-state index contributed by atoms with van der Waals surface area (Å²) >= 11 is 0. The van der Waals surface area contributed by atoms with E-state index in [0.29, 0.717) is 11.5 Å². The maximum absolute atomic E-state index is 13.6. The first-order chi connectivity index (χ1) is 17.2. The van der Waals surface area contributed by atoms with E-state index in [-0.39, 0.29) is 53.1 Å². The van der Waals surface area contributed by atoms with Gasteiger partial charge in [0, 0.05) is 30.3 Å². The quantitative estimate of drug-likeness (QED) is 0.432. The number of carbonyl (C=O) groups is 2. The Bertz CT molecular complexity index is 1410. The van der Waals surface area contributed by atoms with Crippen molar-refractivity contribution in [2.24, 2.45) is 0 Å². The van der Waals surface area contributed by atoms with Crippen molar-refractivity contribution in [3.63, 3.8) is 0 Å². The first-order valence-corrected chi connectivity index (χ1v) is 12.7. The second-order valence-electron chi connectivity index (χ2n) is 8.04. The Balaban J connectivity index is 1.67. The molecule has 9 nitrogen and oxygen atoms in total. The van der Waals surface area contributed by atoms with E-state index in [1.807, 2.05) is 30.3 Å². The van der Waals surface area contributed by atoms with Crippen LogP contribution in [0.2, 0.25) is 0 Å². The standard InChI is InChI=1S/C26H26N2O7S/c1-4-28(15-18-8-6-5-7-9-18)36(31,32)25-12-19(10-11-22(25)33-3)26(30)27-21-14-24-23(34-16-35-24)13-20(21)17(2)29/h5-14H,4,15-16H2,1-3H3,(H,27,30). The van der Waals surface area contributed by atoms with Gasteiger partial charge in [-0.3, -0.25) is 9.59 Å². The van der Waals surface area contributed by atoms with E-state index >= 15 is 0 Å². The van der Waals surface area contributed by atoms with Crippen molar-refractivity contribution >= 4 is 27.4 Å². The minimum Gasteiger partial charge on any atom is -0.495 e. The monoisotopic (exact) mass is 510 g/mol. The minimum atomic E-state index is -4.01. The van der Waals surface area contributed by atoms with Crippen LogP contribution in [-0.2, 0) is 16.6 Å². The van der Waals surface area contributed by atoms with Gasteiger partial charge < -0.3 is 19.5 Å². The summed E-state index contributed by atoms with van der Waals surface area (Å²) in [7, 11) is -2.64. The summed E-state index contributed by atoms with van der Waals surface area (Å²) in [5.74, 6) is 0.0511. The number of Topliss-reactive ketones (excluding diaryl/α,β-unsaturated/α-hetero) is 1. The number of hydrogen-bond acceptors (Lipinski definition) is 7. The molecule has 0 unspecified atom stereocenters. The van der Waals surface area contributed by atoms with Crippen molar-refractivity contribution in [3.8, 4) is 17.2 Å². The fourth-order valence-corrected chi connectivity index (χ4v) is 5.46. The Hall–Kier alpha value is -3.89. The van der Waals surface area contributed by atoms with E-state index in [2.05, 4.69) is 5.32 Å². The lowest BCUT2D eigenvalue weighted by atomic mass is 10.1. The van der Waals surface area contributed by atoms with Crippen molar-refractivity contribution in [2.75, 3.05) is 25.8 Å². The highest BCUT2D eigenvalue weighted by molar-refractivity contribution is 7.89. The molecule has 1 aliphatic rings. The van der Waals surface area contributed by atoms with Crippen LogP contribution in [0.3, 0.4) is 0 Å². The van der Waals surface area contributed by atoms with Crippen LogP contribution in [0.15, 0.2) is 65.6 Å². The van der Waals surface area contributed by atoms with Crippen molar-refractivity contribution < 1.29 is 32.2 Å². The maximum Gasteiger partial charge on any atom is 0.255 e. The van der Waals surface area contributed by atoms with Gasteiger partial charge in [0.05, 0.1) is 12.8 Å². The van der Waals surface area contributed by atoms with Gasteiger partial charge in [-0.25, -0.2) is 8.42 Å². The zero-order valence-electron chi connectivity index (χ0n) is 20.1. The molecule has 0 fully saturated rings. The molecular formula is C26H26N2O7S. The summed E-state index contributed by atoms with van der Waals surface area (Å²) in [6, 6.07) is 16.4. The highest BCUT2D eigenvalue weighted by atomic mass is 32.2. The van der Waals surface area contributed by atoms with Crippen LogP contribution in [0.5, 0.6) is 17.2 Å². The zero-order chi connectivity index (χ0) is 25.9. The zero-order valence-corrected chi connectivity index (χ0v) is 20.9. The van der Waals surface area contributed by atoms with Crippen LogP contribution >= 0.6 is 0 Å². The highest BCUT2D eigenvalue weighted by Crippen LogP contribution is 2.37. The van der Waals surface area contributed by atoms with Crippen molar-refractivity contribution in [1.82, 2.24) is 4.31 Å². The fourth-order valence-electron chi connectivity index (χ4n) is 3.84. The number of sulfonamides is 1. The fraction of sp³-hybridized carbons (Fsp3) is 0.231. The van der Waals surface area contributed by atoms with Crippen molar-refractivity contribution in [1.29, 1.82) is 0 Å². The van der Waals surface area contributed by atoms with Crippen LogP contribution in [0.1, 0.15) is 40.1 Å². The lowest BCUT2D eigenvalue weighted by Crippen LogP contribution is -2.31. The second kappa shape index (κ2) is 10.4. The lowest BCUT2D eigenvalue weighted by Gasteiger charge is -2.22. The number of ketones is 1. The van der Waals surface area contributed by atoms with Gasteiger partial charge in [0.2, 0.25) is 16.8 Å². The summed E-state index contributed by atoms with van der Waals surface area (Å²) < 4.78 is 44.5. The van der Waals surface area contributed by atoms with E-state index in [0.717, 1.165) is 5.56 Å². The van der Waals surface area contributed by atoms with E-state index in [1.165, 1.54) is 48.7 Å². The van der Waals surface area contributed by atoms with Crippen molar-refractivity contribution in [3.05, 3.63) is 77.4 Å². The molecule has 1 amide bonds. The molecule has 0 spiro atoms. The Morgan fingerprint density at radius 1 is 1.03 bits per heavy atom. The number of hydrogen-bond donors (Lipinski definition) is 1. The smallest absolute Gasteiger partial charge is 0.255 e. The molecule has 3 aromatic rings. The number of amides is 1. The molecule has 0 atom stereocenters. The van der Waals surface area contributed by atoms with E-state index in [1.54, 1.807) is 6.92 Å².